The third kappa shape index (κ3) is 6.00. The molecule has 1 amide bonds. The van der Waals surface area contributed by atoms with Crippen molar-refractivity contribution in [2.45, 2.75) is 19.4 Å². The molecule has 0 unspecified atom stereocenters. The molecule has 156 valence electrons. The van der Waals surface area contributed by atoms with Gasteiger partial charge in [0.1, 0.15) is 5.69 Å². The van der Waals surface area contributed by atoms with Crippen molar-refractivity contribution in [1.82, 2.24) is 5.32 Å². The van der Waals surface area contributed by atoms with Gasteiger partial charge in [-0.25, -0.2) is 0 Å². The Morgan fingerprint density at radius 1 is 1.14 bits per heavy atom. The zero-order valence-electron chi connectivity index (χ0n) is 16.8. The lowest BCUT2D eigenvalue weighted by atomic mass is 9.97. The molecule has 0 fully saturated rings. The number of rotatable bonds is 7. The van der Waals surface area contributed by atoms with E-state index in [2.05, 4.69) is 5.32 Å². The molecular formula is C20H25ClN4O4. The molecule has 2 aromatic carbocycles. The second-order valence-corrected chi connectivity index (χ2v) is 7.40. The van der Waals surface area contributed by atoms with Gasteiger partial charge < -0.3 is 16.0 Å². The van der Waals surface area contributed by atoms with E-state index in [4.69, 9.17) is 5.73 Å². The first-order valence-corrected chi connectivity index (χ1v) is 8.68. The van der Waals surface area contributed by atoms with Gasteiger partial charge in [0.25, 0.3) is 11.6 Å². The number of nitrogens with one attached hydrogen (secondary N) is 1. The highest BCUT2D eigenvalue weighted by molar-refractivity contribution is 6.15. The number of hydrogen-bond donors (Lipinski definition) is 2. The molecular weight excluding hydrogens is 396 g/mol. The van der Waals surface area contributed by atoms with E-state index in [0.29, 0.717) is 5.69 Å². The first-order valence-electron chi connectivity index (χ1n) is 8.68. The minimum Gasteiger partial charge on any atom is -0.372 e. The van der Waals surface area contributed by atoms with E-state index in [0.717, 1.165) is 0 Å². The van der Waals surface area contributed by atoms with Crippen LogP contribution >= 0.6 is 12.4 Å². The van der Waals surface area contributed by atoms with Crippen molar-refractivity contribution in [2.75, 3.05) is 25.5 Å². The predicted molar refractivity (Wildman–Crippen MR) is 115 cm³/mol. The van der Waals surface area contributed by atoms with Gasteiger partial charge in [-0.3, -0.25) is 19.7 Å². The third-order valence-corrected chi connectivity index (χ3v) is 4.04. The summed E-state index contributed by atoms with van der Waals surface area (Å²) in [5, 5.41) is 14.1. The Hall–Kier alpha value is -2.97. The molecule has 0 aliphatic heterocycles. The molecule has 0 aliphatic carbocycles. The zero-order chi connectivity index (χ0) is 21.1. The minimum atomic E-state index is -0.600. The topological polar surface area (TPSA) is 119 Å². The molecule has 0 bridgehead atoms. The van der Waals surface area contributed by atoms with Crippen LogP contribution in [0.4, 0.5) is 11.4 Å². The van der Waals surface area contributed by atoms with Gasteiger partial charge in [-0.2, -0.15) is 0 Å². The van der Waals surface area contributed by atoms with Crippen molar-refractivity contribution in [3.8, 4) is 0 Å². The van der Waals surface area contributed by atoms with Crippen LogP contribution < -0.4 is 16.0 Å². The third-order valence-electron chi connectivity index (χ3n) is 4.04. The molecule has 0 radical (unpaired) electrons. The number of nitro benzene ring substituents is 1. The molecule has 2 rings (SSSR count). The van der Waals surface area contributed by atoms with E-state index in [1.54, 1.807) is 45.0 Å². The van der Waals surface area contributed by atoms with Crippen LogP contribution in [0.1, 0.15) is 40.1 Å². The van der Waals surface area contributed by atoms with Crippen molar-refractivity contribution in [1.29, 1.82) is 0 Å². The van der Waals surface area contributed by atoms with Gasteiger partial charge in [-0.1, -0.05) is 18.2 Å². The van der Waals surface area contributed by atoms with Gasteiger partial charge in [-0.05, 0) is 32.0 Å². The first kappa shape index (κ1) is 24.1. The lowest BCUT2D eigenvalue weighted by molar-refractivity contribution is -0.384. The van der Waals surface area contributed by atoms with Crippen LogP contribution in [0.25, 0.3) is 0 Å². The molecule has 0 heterocycles. The Morgan fingerprint density at radius 3 is 2.24 bits per heavy atom. The summed E-state index contributed by atoms with van der Waals surface area (Å²) in [6, 6.07) is 10.6. The lowest BCUT2D eigenvalue weighted by Crippen LogP contribution is -2.45. The first-order chi connectivity index (χ1) is 13.0. The van der Waals surface area contributed by atoms with Crippen LogP contribution in [0.2, 0.25) is 0 Å². The summed E-state index contributed by atoms with van der Waals surface area (Å²) < 4.78 is 0. The van der Waals surface area contributed by atoms with Gasteiger partial charge in [0, 0.05) is 43.4 Å². The maximum Gasteiger partial charge on any atom is 0.293 e. The summed E-state index contributed by atoms with van der Waals surface area (Å²) in [6.45, 7) is 3.78. The summed E-state index contributed by atoms with van der Waals surface area (Å²) in [6.07, 6.45) is 0. The van der Waals surface area contributed by atoms with Crippen molar-refractivity contribution in [3.63, 3.8) is 0 Å². The molecule has 3 N–H and O–H groups in total. The van der Waals surface area contributed by atoms with E-state index in [1.807, 2.05) is 0 Å². The highest BCUT2D eigenvalue weighted by Gasteiger charge is 2.23. The minimum absolute atomic E-state index is 0. The highest BCUT2D eigenvalue weighted by atomic mass is 35.5. The van der Waals surface area contributed by atoms with Crippen LogP contribution in [0.15, 0.2) is 42.5 Å². The van der Waals surface area contributed by atoms with E-state index >= 15 is 0 Å². The van der Waals surface area contributed by atoms with Gasteiger partial charge in [0.2, 0.25) is 0 Å². The molecule has 0 aromatic heterocycles. The van der Waals surface area contributed by atoms with E-state index in [1.165, 1.54) is 30.3 Å². The molecule has 9 heteroatoms. The monoisotopic (exact) mass is 420 g/mol. The second kappa shape index (κ2) is 9.49. The number of hydrogen-bond acceptors (Lipinski definition) is 6. The highest BCUT2D eigenvalue weighted by Crippen LogP contribution is 2.29. The van der Waals surface area contributed by atoms with Crippen LogP contribution in [-0.2, 0) is 0 Å². The Balaban J connectivity index is 0.00000420. The summed E-state index contributed by atoms with van der Waals surface area (Å²) >= 11 is 0. The number of amides is 1. The van der Waals surface area contributed by atoms with Gasteiger partial charge >= 0.3 is 0 Å². The largest absolute Gasteiger partial charge is 0.372 e. The smallest absolute Gasteiger partial charge is 0.293 e. The number of carbonyl (C=O) groups is 2. The summed E-state index contributed by atoms with van der Waals surface area (Å²) in [4.78, 5) is 38.0. The maximum absolute atomic E-state index is 13.0. The summed E-state index contributed by atoms with van der Waals surface area (Å²) in [5.41, 5.74) is 5.99. The number of anilines is 1. The molecule has 0 atom stereocenters. The molecule has 0 saturated heterocycles. The fourth-order valence-corrected chi connectivity index (χ4v) is 2.63. The van der Waals surface area contributed by atoms with E-state index in [-0.39, 0.29) is 41.3 Å². The molecule has 2 aromatic rings. The average Bonchev–Trinajstić information content (AvgIpc) is 2.64. The average molecular weight is 421 g/mol. The quantitative estimate of drug-likeness (QED) is 0.404. The molecule has 8 nitrogen and oxygen atoms in total. The van der Waals surface area contributed by atoms with Crippen LogP contribution in [-0.4, -0.2) is 42.8 Å². The standard InChI is InChI=1S/C20H24N4O4.ClH/c1-20(2,21)12-22-19(26)15-8-6-5-7-14(15)18(25)13-9-10-16(23(3)4)17(11-13)24(27)28;/h5-11H,12,21H2,1-4H3,(H,22,26);1H. The second-order valence-electron chi connectivity index (χ2n) is 7.40. The van der Waals surface area contributed by atoms with Gasteiger partial charge in [-0.15, -0.1) is 12.4 Å². The van der Waals surface area contributed by atoms with Crippen LogP contribution in [0.5, 0.6) is 0 Å². The summed E-state index contributed by atoms with van der Waals surface area (Å²) in [7, 11) is 3.37. The number of halogens is 1. The Kier molecular flexibility index (Phi) is 7.87. The number of nitrogens with two attached hydrogens (primary N) is 1. The SMILES string of the molecule is CN(C)c1ccc(C(=O)c2ccccc2C(=O)NCC(C)(C)N)cc1[N+](=O)[O-].Cl. The Labute approximate surface area is 175 Å². The number of nitro groups is 1. The fourth-order valence-electron chi connectivity index (χ4n) is 2.63. The van der Waals surface area contributed by atoms with Gasteiger partial charge in [0.05, 0.1) is 10.5 Å². The summed E-state index contributed by atoms with van der Waals surface area (Å²) in [5.74, 6) is -0.895. The molecule has 0 saturated carbocycles. The predicted octanol–water partition coefficient (Wildman–Crippen LogP) is 2.78. The van der Waals surface area contributed by atoms with Crippen LogP contribution in [0, 0.1) is 10.1 Å². The number of ketones is 1. The lowest BCUT2D eigenvalue weighted by Gasteiger charge is -2.19. The molecule has 0 spiro atoms. The van der Waals surface area contributed by atoms with Crippen molar-refractivity contribution >= 4 is 35.5 Å². The van der Waals surface area contributed by atoms with Gasteiger partial charge in [0.15, 0.2) is 5.78 Å². The Bertz CT molecular complexity index is 923. The van der Waals surface area contributed by atoms with Crippen molar-refractivity contribution in [2.24, 2.45) is 5.73 Å². The molecule has 0 aliphatic rings. The van der Waals surface area contributed by atoms with E-state index in [9.17, 15) is 19.7 Å². The number of carbonyl (C=O) groups excluding carboxylic acids is 2. The zero-order valence-corrected chi connectivity index (χ0v) is 17.6. The normalized spacial score (nSPS) is 10.7. The van der Waals surface area contributed by atoms with E-state index < -0.39 is 22.2 Å². The molecule has 29 heavy (non-hydrogen) atoms. The Morgan fingerprint density at radius 2 is 1.72 bits per heavy atom. The number of nitrogens with zero attached hydrogens (tertiary/aromatic N) is 2. The van der Waals surface area contributed by atoms with Crippen molar-refractivity contribution in [3.05, 3.63) is 69.3 Å². The van der Waals surface area contributed by atoms with Crippen LogP contribution in [0.3, 0.4) is 0 Å². The maximum atomic E-state index is 13.0. The van der Waals surface area contributed by atoms with Crippen molar-refractivity contribution < 1.29 is 14.5 Å². The fraction of sp³-hybridized carbons (Fsp3) is 0.300. The number of benzene rings is 2.